The van der Waals surface area contributed by atoms with E-state index in [-0.39, 0.29) is 11.4 Å². The molecule has 2 heterocycles. The van der Waals surface area contributed by atoms with E-state index in [2.05, 4.69) is 20.7 Å². The molecule has 134 valence electrons. The molecule has 7 nitrogen and oxygen atoms in total. The highest BCUT2D eigenvalue weighted by Gasteiger charge is 2.11. The summed E-state index contributed by atoms with van der Waals surface area (Å²) in [6, 6.07) is 10.5. The van der Waals surface area contributed by atoms with E-state index < -0.39 is 5.91 Å². The van der Waals surface area contributed by atoms with Crippen LogP contribution in [0, 0.1) is 6.92 Å². The maximum Gasteiger partial charge on any atom is 0.291 e. The SMILES string of the molecule is CCOc1cc(/C=N\NC(=O)c2cc(-c3ccc(C)s3)[nH]n2)ccc1O. The number of carbonyl (C=O) groups excluding carboxylic acids is 1. The van der Waals surface area contributed by atoms with Crippen molar-refractivity contribution in [1.29, 1.82) is 0 Å². The van der Waals surface area contributed by atoms with Gasteiger partial charge < -0.3 is 9.84 Å². The monoisotopic (exact) mass is 370 g/mol. The van der Waals surface area contributed by atoms with Gasteiger partial charge in [0.2, 0.25) is 0 Å². The van der Waals surface area contributed by atoms with Crippen molar-refractivity contribution in [2.75, 3.05) is 6.61 Å². The third kappa shape index (κ3) is 4.09. The van der Waals surface area contributed by atoms with Gasteiger partial charge in [0.25, 0.3) is 5.91 Å². The van der Waals surface area contributed by atoms with Crippen molar-refractivity contribution in [3.05, 3.63) is 52.5 Å². The number of nitrogens with one attached hydrogen (secondary N) is 2. The highest BCUT2D eigenvalue weighted by molar-refractivity contribution is 7.15. The molecule has 1 aromatic carbocycles. The predicted molar refractivity (Wildman–Crippen MR) is 101 cm³/mol. The number of aromatic nitrogens is 2. The number of ether oxygens (including phenoxy) is 1. The van der Waals surface area contributed by atoms with Crippen LogP contribution in [-0.4, -0.2) is 34.0 Å². The quantitative estimate of drug-likeness (QED) is 0.458. The molecule has 0 spiro atoms. The maximum absolute atomic E-state index is 12.1. The van der Waals surface area contributed by atoms with Crippen LogP contribution in [0.4, 0.5) is 0 Å². The van der Waals surface area contributed by atoms with Gasteiger partial charge in [-0.25, -0.2) is 5.43 Å². The van der Waals surface area contributed by atoms with Gasteiger partial charge in [0.05, 0.1) is 23.4 Å². The number of aromatic amines is 1. The number of carbonyl (C=O) groups is 1. The number of rotatable bonds is 6. The predicted octanol–water partition coefficient (Wildman–Crippen LogP) is 3.31. The summed E-state index contributed by atoms with van der Waals surface area (Å²) in [7, 11) is 0. The summed E-state index contributed by atoms with van der Waals surface area (Å²) in [5.74, 6) is 0.00713. The summed E-state index contributed by atoms with van der Waals surface area (Å²) in [6.07, 6.45) is 1.47. The number of phenols is 1. The number of phenolic OH excluding ortho intramolecular Hbond substituents is 1. The Morgan fingerprint density at radius 1 is 1.38 bits per heavy atom. The number of H-pyrrole nitrogens is 1. The molecule has 0 atom stereocenters. The van der Waals surface area contributed by atoms with Gasteiger partial charge in [0.1, 0.15) is 0 Å². The molecule has 3 rings (SSSR count). The molecule has 0 saturated carbocycles. The number of aromatic hydroxyl groups is 1. The average molecular weight is 370 g/mol. The number of nitrogens with zero attached hydrogens (tertiary/aromatic N) is 2. The number of hydrazone groups is 1. The molecular weight excluding hydrogens is 352 g/mol. The lowest BCUT2D eigenvalue weighted by Gasteiger charge is -2.05. The fraction of sp³-hybridized carbons (Fsp3) is 0.167. The van der Waals surface area contributed by atoms with E-state index in [4.69, 9.17) is 4.74 Å². The zero-order chi connectivity index (χ0) is 18.5. The third-order valence-electron chi connectivity index (χ3n) is 3.48. The Morgan fingerprint density at radius 3 is 2.96 bits per heavy atom. The summed E-state index contributed by atoms with van der Waals surface area (Å²) in [5.41, 5.74) is 4.16. The molecule has 2 aromatic heterocycles. The first-order valence-electron chi connectivity index (χ1n) is 7.98. The van der Waals surface area contributed by atoms with Crippen LogP contribution in [0.15, 0.2) is 41.5 Å². The summed E-state index contributed by atoms with van der Waals surface area (Å²) >= 11 is 1.62. The molecule has 0 aliphatic rings. The Labute approximate surface area is 154 Å². The van der Waals surface area contributed by atoms with Gasteiger partial charge in [0, 0.05) is 4.88 Å². The lowest BCUT2D eigenvalue weighted by molar-refractivity contribution is 0.0950. The van der Waals surface area contributed by atoms with Gasteiger partial charge in [-0.15, -0.1) is 11.3 Å². The van der Waals surface area contributed by atoms with Crippen molar-refractivity contribution in [2.24, 2.45) is 5.10 Å². The van der Waals surface area contributed by atoms with Crippen LogP contribution in [-0.2, 0) is 0 Å². The van der Waals surface area contributed by atoms with Crippen LogP contribution in [0.5, 0.6) is 11.5 Å². The highest BCUT2D eigenvalue weighted by atomic mass is 32.1. The summed E-state index contributed by atoms with van der Waals surface area (Å²) < 4.78 is 5.31. The summed E-state index contributed by atoms with van der Waals surface area (Å²) in [5, 5.41) is 20.5. The molecule has 0 unspecified atom stereocenters. The highest BCUT2D eigenvalue weighted by Crippen LogP contribution is 2.27. The van der Waals surface area contributed by atoms with Crippen molar-refractivity contribution < 1.29 is 14.6 Å². The van der Waals surface area contributed by atoms with Crippen molar-refractivity contribution in [2.45, 2.75) is 13.8 Å². The summed E-state index contributed by atoms with van der Waals surface area (Å²) in [6.45, 7) is 4.29. The van der Waals surface area contributed by atoms with E-state index >= 15 is 0 Å². The second-order valence-corrected chi connectivity index (χ2v) is 6.72. The number of amides is 1. The number of hydrogen-bond acceptors (Lipinski definition) is 6. The van der Waals surface area contributed by atoms with E-state index in [1.54, 1.807) is 29.5 Å². The lowest BCUT2D eigenvalue weighted by atomic mass is 10.2. The number of aryl methyl sites for hydroxylation is 1. The van der Waals surface area contributed by atoms with Crippen LogP contribution in [0.3, 0.4) is 0 Å². The molecule has 26 heavy (non-hydrogen) atoms. The first-order chi connectivity index (χ1) is 12.6. The first-order valence-corrected chi connectivity index (χ1v) is 8.80. The zero-order valence-corrected chi connectivity index (χ0v) is 15.1. The Bertz CT molecular complexity index is 946. The van der Waals surface area contributed by atoms with Crippen molar-refractivity contribution in [3.8, 4) is 22.1 Å². The Kier molecular flexibility index (Phi) is 5.33. The lowest BCUT2D eigenvalue weighted by Crippen LogP contribution is -2.18. The molecule has 0 fully saturated rings. The molecular formula is C18H18N4O3S. The molecule has 8 heteroatoms. The Balaban J connectivity index is 1.64. The van der Waals surface area contributed by atoms with Crippen molar-refractivity contribution >= 4 is 23.5 Å². The molecule has 0 bridgehead atoms. The normalized spacial score (nSPS) is 11.0. The second-order valence-electron chi connectivity index (χ2n) is 5.44. The number of benzene rings is 1. The largest absolute Gasteiger partial charge is 0.504 e. The van der Waals surface area contributed by atoms with Gasteiger partial charge in [0.15, 0.2) is 17.2 Å². The first kappa shape index (κ1) is 17.7. The van der Waals surface area contributed by atoms with Gasteiger partial charge in [-0.1, -0.05) is 0 Å². The summed E-state index contributed by atoms with van der Waals surface area (Å²) in [4.78, 5) is 14.3. The van der Waals surface area contributed by atoms with Crippen LogP contribution in [0.2, 0.25) is 0 Å². The molecule has 0 aliphatic carbocycles. The van der Waals surface area contributed by atoms with Gasteiger partial charge in [-0.05, 0) is 55.8 Å². The molecule has 3 N–H and O–H groups in total. The molecule has 0 saturated heterocycles. The number of hydrogen-bond donors (Lipinski definition) is 3. The van der Waals surface area contributed by atoms with E-state index in [1.165, 1.54) is 17.2 Å². The zero-order valence-electron chi connectivity index (χ0n) is 14.3. The molecule has 1 amide bonds. The minimum absolute atomic E-state index is 0.0564. The Hall–Kier alpha value is -3.13. The fourth-order valence-corrected chi connectivity index (χ4v) is 3.08. The van der Waals surface area contributed by atoms with E-state index in [0.717, 1.165) is 10.6 Å². The van der Waals surface area contributed by atoms with Gasteiger partial charge in [-0.3, -0.25) is 9.89 Å². The number of thiophene rings is 1. The smallest absolute Gasteiger partial charge is 0.291 e. The third-order valence-corrected chi connectivity index (χ3v) is 4.51. The minimum atomic E-state index is -0.416. The average Bonchev–Trinajstić information content (AvgIpc) is 3.27. The van der Waals surface area contributed by atoms with Crippen LogP contribution < -0.4 is 10.2 Å². The van der Waals surface area contributed by atoms with Crippen molar-refractivity contribution in [1.82, 2.24) is 15.6 Å². The van der Waals surface area contributed by atoms with Crippen molar-refractivity contribution in [3.63, 3.8) is 0 Å². The minimum Gasteiger partial charge on any atom is -0.504 e. The maximum atomic E-state index is 12.1. The topological polar surface area (TPSA) is 99.6 Å². The van der Waals surface area contributed by atoms with E-state index in [1.807, 2.05) is 26.0 Å². The molecule has 0 radical (unpaired) electrons. The van der Waals surface area contributed by atoms with Gasteiger partial charge in [-0.2, -0.15) is 10.2 Å². The second kappa shape index (κ2) is 7.83. The van der Waals surface area contributed by atoms with Crippen LogP contribution in [0.1, 0.15) is 27.9 Å². The fourth-order valence-electron chi connectivity index (χ4n) is 2.25. The van der Waals surface area contributed by atoms with Gasteiger partial charge >= 0.3 is 0 Å². The molecule has 3 aromatic rings. The van der Waals surface area contributed by atoms with Crippen LogP contribution in [0.25, 0.3) is 10.6 Å². The van der Waals surface area contributed by atoms with Crippen LogP contribution >= 0.6 is 11.3 Å². The van der Waals surface area contributed by atoms with E-state index in [9.17, 15) is 9.90 Å². The molecule has 0 aliphatic heterocycles. The standard InChI is InChI=1S/C18H18N4O3S/c1-3-25-16-8-12(5-6-15(16)23)10-19-22-18(24)14-9-13(20-21-14)17-7-4-11(2)26-17/h4-10,23H,3H2,1-2H3,(H,20,21)(H,22,24)/b19-10-. The Morgan fingerprint density at radius 2 is 2.23 bits per heavy atom. The van der Waals surface area contributed by atoms with E-state index in [0.29, 0.717) is 17.9 Å².